The van der Waals surface area contributed by atoms with Gasteiger partial charge in [0, 0.05) is 68.8 Å². The smallest absolute Gasteiger partial charge is 0.245 e. The summed E-state index contributed by atoms with van der Waals surface area (Å²) in [6, 6.07) is 5.87. The van der Waals surface area contributed by atoms with Crippen LogP contribution >= 0.6 is 0 Å². The largest absolute Gasteiger partial charge is 0.343 e. The van der Waals surface area contributed by atoms with Crippen LogP contribution in [-0.4, -0.2) is 239 Å². The maximum atomic E-state index is 15.1. The van der Waals surface area contributed by atoms with Gasteiger partial charge in [0.1, 0.15) is 60.4 Å². The molecule has 2 saturated heterocycles. The molecule has 2 fully saturated rings. The molecule has 0 spiro atoms. The zero-order valence-electron chi connectivity index (χ0n) is 58.5. The van der Waals surface area contributed by atoms with Gasteiger partial charge in [-0.1, -0.05) is 116 Å². The number of hydrogen-bond donors (Lipinski definition) is 4. The standard InChI is InChI=1S/C69H108N12O12/c1-42(2)36-53-62(86)72-52(67(91)81-34-26-21-27-35-81)40-57(82)75(13)47(10)60(84)73-59(45(7)8)69(93)80(18)56(38-44(5)6)68(92)79(17)55(39-50-30-24-20-25-31-50)61(85)70-46(9)64(88)76(14)48(11)65(89)78(16)54(37-43(3)4)63(87)71-51(33-32-49-28-22-19-23-29-49)66(90)74(12)41-58(83)77(53)15/h19-20,22-25,28-31,42-48,51-56,59H,21,26-27,32-41H2,1-18H3,(H,70,85)(H,71,87)(H,72,86)(H,73,84)/t46-,47-,48-,51-,52-,53-,54-,55-,56-,59-/m0/s1. The summed E-state index contributed by atoms with van der Waals surface area (Å²) in [6.07, 6.45) is 2.49. The maximum absolute atomic E-state index is 15.1. The fourth-order valence-corrected chi connectivity index (χ4v) is 11.7. The van der Waals surface area contributed by atoms with Crippen LogP contribution in [0, 0.1) is 23.7 Å². The lowest BCUT2D eigenvalue weighted by Crippen LogP contribution is -2.61. The van der Waals surface area contributed by atoms with Crippen LogP contribution in [-0.2, 0) is 70.4 Å². The molecule has 24 heteroatoms. The van der Waals surface area contributed by atoms with E-state index in [4.69, 9.17) is 0 Å². The average molecular weight is 1300 g/mol. The fraction of sp³-hybridized carbons (Fsp3) is 0.652. The minimum Gasteiger partial charge on any atom is -0.343 e. The number of likely N-dealkylation sites (tertiary alicyclic amines) is 1. The van der Waals surface area contributed by atoms with Crippen LogP contribution in [0.4, 0.5) is 0 Å². The molecule has 0 radical (unpaired) electrons. The van der Waals surface area contributed by atoms with E-state index >= 15 is 4.79 Å². The van der Waals surface area contributed by atoms with Crippen LogP contribution in [0.2, 0.25) is 0 Å². The van der Waals surface area contributed by atoms with Gasteiger partial charge < -0.3 is 60.5 Å². The summed E-state index contributed by atoms with van der Waals surface area (Å²) in [5.74, 6) is -8.91. The monoisotopic (exact) mass is 1300 g/mol. The van der Waals surface area contributed by atoms with Crippen molar-refractivity contribution >= 4 is 70.9 Å². The highest BCUT2D eigenvalue weighted by atomic mass is 16.2. The predicted octanol–water partition coefficient (Wildman–Crippen LogP) is 3.49. The summed E-state index contributed by atoms with van der Waals surface area (Å²) in [5, 5.41) is 11.3. The molecule has 2 heterocycles. The highest BCUT2D eigenvalue weighted by molar-refractivity contribution is 6.00. The number of benzene rings is 2. The third-order valence-corrected chi connectivity index (χ3v) is 18.0. The molecule has 24 nitrogen and oxygen atoms in total. The van der Waals surface area contributed by atoms with E-state index < -0.39 is 150 Å². The fourth-order valence-electron chi connectivity index (χ4n) is 11.7. The molecule has 0 aliphatic carbocycles. The summed E-state index contributed by atoms with van der Waals surface area (Å²) < 4.78 is 0. The van der Waals surface area contributed by atoms with Crippen LogP contribution < -0.4 is 21.3 Å². The van der Waals surface area contributed by atoms with Crippen molar-refractivity contribution in [1.82, 2.24) is 60.5 Å². The van der Waals surface area contributed by atoms with Crippen LogP contribution in [0.25, 0.3) is 0 Å². The Bertz CT molecular complexity index is 2900. The lowest BCUT2D eigenvalue weighted by molar-refractivity contribution is -0.151. The lowest BCUT2D eigenvalue weighted by atomic mass is 9.96. The Balaban J connectivity index is 1.87. The number of nitrogens with zero attached hydrogens (tertiary/aromatic N) is 8. The maximum Gasteiger partial charge on any atom is 0.245 e. The highest BCUT2D eigenvalue weighted by Gasteiger charge is 2.43. The quantitative estimate of drug-likeness (QED) is 0.224. The van der Waals surface area contributed by atoms with Crippen molar-refractivity contribution in [3.63, 3.8) is 0 Å². The van der Waals surface area contributed by atoms with E-state index in [0.717, 1.165) is 21.8 Å². The van der Waals surface area contributed by atoms with Crippen LogP contribution in [0.1, 0.15) is 139 Å². The van der Waals surface area contributed by atoms with E-state index in [9.17, 15) is 52.7 Å². The molecule has 2 aliphatic rings. The van der Waals surface area contributed by atoms with Crippen molar-refractivity contribution in [2.24, 2.45) is 23.7 Å². The number of rotatable bonds is 13. The van der Waals surface area contributed by atoms with Gasteiger partial charge in [0.05, 0.1) is 13.0 Å². The second-order valence-corrected chi connectivity index (χ2v) is 27.2. The number of carbonyl (C=O) groups is 12. The molecule has 2 aromatic carbocycles. The van der Waals surface area contributed by atoms with Gasteiger partial charge in [0.25, 0.3) is 0 Å². The molecule has 12 amide bonds. The van der Waals surface area contributed by atoms with Crippen LogP contribution in [0.15, 0.2) is 60.7 Å². The van der Waals surface area contributed by atoms with Crippen molar-refractivity contribution in [3.05, 3.63) is 71.8 Å². The number of carbonyl (C=O) groups excluding carboxylic acids is 12. The van der Waals surface area contributed by atoms with Gasteiger partial charge in [0.2, 0.25) is 70.9 Å². The zero-order chi connectivity index (χ0) is 69.9. The van der Waals surface area contributed by atoms with E-state index in [1.165, 1.54) is 94.6 Å². The number of amides is 12. The summed E-state index contributed by atoms with van der Waals surface area (Å²) in [7, 11) is 9.94. The van der Waals surface area contributed by atoms with E-state index in [0.29, 0.717) is 37.9 Å². The molecule has 0 saturated carbocycles. The third kappa shape index (κ3) is 21.8. The Morgan fingerprint density at radius 3 is 1.48 bits per heavy atom. The summed E-state index contributed by atoms with van der Waals surface area (Å²) >= 11 is 0. The van der Waals surface area contributed by atoms with Crippen molar-refractivity contribution < 1.29 is 57.5 Å². The SMILES string of the molecule is CC(C)C[C@H]1C(=O)N[C@H](C(=O)N2CCCCC2)CC(=O)N(C)[C@@H](C)C(=O)N[C@@H](C(C)C)C(=O)N(C)[C@@H](CC(C)C)C(=O)N(C)[C@@H](Cc2ccccc2)C(=O)N[C@@H](C)C(=O)N(C)[C@@H](C)C(=O)N(C)[C@@H](CC(C)C)C(=O)N[C@@H](CCc2ccccc2)C(=O)N(C)CC(=O)N1C. The summed E-state index contributed by atoms with van der Waals surface area (Å²) in [4.78, 5) is 186. The number of likely N-dealkylation sites (N-methyl/N-ethyl adjacent to an activating group) is 7. The zero-order valence-corrected chi connectivity index (χ0v) is 58.5. The van der Waals surface area contributed by atoms with Crippen molar-refractivity contribution in [1.29, 1.82) is 0 Å². The van der Waals surface area contributed by atoms with Crippen LogP contribution in [0.5, 0.6) is 0 Å². The van der Waals surface area contributed by atoms with Gasteiger partial charge in [-0.3, -0.25) is 57.5 Å². The first-order chi connectivity index (χ1) is 43.6. The molecule has 10 atom stereocenters. The molecule has 0 aromatic heterocycles. The first-order valence-corrected chi connectivity index (χ1v) is 33.0. The Labute approximate surface area is 551 Å². The Hall–Kier alpha value is -7.92. The number of aryl methyl sites for hydroxylation is 1. The van der Waals surface area contributed by atoms with Gasteiger partial charge in [0.15, 0.2) is 0 Å². The van der Waals surface area contributed by atoms with Gasteiger partial charge in [-0.15, -0.1) is 0 Å². The molecule has 4 N–H and O–H groups in total. The van der Waals surface area contributed by atoms with E-state index in [2.05, 4.69) is 21.3 Å². The first kappa shape index (κ1) is 77.5. The molecular formula is C69H108N12O12. The number of hydrogen-bond acceptors (Lipinski definition) is 12. The number of piperidine rings is 1. The van der Waals surface area contributed by atoms with E-state index in [1.54, 1.807) is 49.1 Å². The van der Waals surface area contributed by atoms with Gasteiger partial charge in [-0.05, 0) is 107 Å². The van der Waals surface area contributed by atoms with Crippen molar-refractivity contribution in [2.45, 2.75) is 201 Å². The van der Waals surface area contributed by atoms with E-state index in [-0.39, 0.29) is 49.9 Å². The molecule has 2 aliphatic heterocycles. The molecule has 2 aromatic rings. The molecular weight excluding hydrogens is 1190 g/mol. The van der Waals surface area contributed by atoms with Crippen LogP contribution in [0.3, 0.4) is 0 Å². The summed E-state index contributed by atoms with van der Waals surface area (Å²) in [6.45, 7) is 19.3. The first-order valence-electron chi connectivity index (χ1n) is 33.0. The Morgan fingerprint density at radius 1 is 0.462 bits per heavy atom. The van der Waals surface area contributed by atoms with Gasteiger partial charge in [-0.2, -0.15) is 0 Å². The third-order valence-electron chi connectivity index (χ3n) is 18.0. The highest BCUT2D eigenvalue weighted by Crippen LogP contribution is 2.23. The minimum atomic E-state index is -1.44. The van der Waals surface area contributed by atoms with E-state index in [1.807, 2.05) is 71.9 Å². The Morgan fingerprint density at radius 2 is 0.946 bits per heavy atom. The normalized spacial score (nSPS) is 25.7. The minimum absolute atomic E-state index is 0.00579. The topological polar surface area (TPSA) is 279 Å². The average Bonchev–Trinajstić information content (AvgIpc) is 1.18. The van der Waals surface area contributed by atoms with Crippen molar-refractivity contribution in [2.75, 3.05) is 69.0 Å². The predicted molar refractivity (Wildman–Crippen MR) is 355 cm³/mol. The molecule has 516 valence electrons. The van der Waals surface area contributed by atoms with Gasteiger partial charge >= 0.3 is 0 Å². The number of nitrogens with one attached hydrogen (secondary N) is 4. The molecule has 93 heavy (non-hydrogen) atoms. The molecule has 4 rings (SSSR count). The van der Waals surface area contributed by atoms with Crippen molar-refractivity contribution in [3.8, 4) is 0 Å². The molecule has 0 bridgehead atoms. The summed E-state index contributed by atoms with van der Waals surface area (Å²) in [5.41, 5.74) is 1.54. The lowest BCUT2D eigenvalue weighted by Gasteiger charge is -2.38. The van der Waals surface area contributed by atoms with Gasteiger partial charge in [-0.25, -0.2) is 0 Å². The second kappa shape index (κ2) is 35.9. The molecule has 0 unspecified atom stereocenters. The second-order valence-electron chi connectivity index (χ2n) is 27.2. The Kier molecular flexibility index (Phi) is 30.0.